The summed E-state index contributed by atoms with van der Waals surface area (Å²) in [4.78, 5) is 22.8. The fourth-order valence-electron chi connectivity index (χ4n) is 2.33. The van der Waals surface area contributed by atoms with Gasteiger partial charge in [-0.05, 0) is 67.6 Å². The maximum absolute atomic E-state index is 11.8. The lowest BCUT2D eigenvalue weighted by molar-refractivity contribution is -0.158. The Balaban J connectivity index is 0. The molecule has 9 heteroatoms. The minimum absolute atomic E-state index is 0.0910. The predicted octanol–water partition coefficient (Wildman–Crippen LogP) is 5.16. The van der Waals surface area contributed by atoms with Crippen molar-refractivity contribution >= 4 is 30.7 Å². The van der Waals surface area contributed by atoms with Gasteiger partial charge in [0.1, 0.15) is 11.2 Å². The van der Waals surface area contributed by atoms with E-state index in [2.05, 4.69) is 6.92 Å². The van der Waals surface area contributed by atoms with E-state index in [4.69, 9.17) is 35.5 Å². The summed E-state index contributed by atoms with van der Waals surface area (Å²) in [6.45, 7) is 17.4. The van der Waals surface area contributed by atoms with Crippen LogP contribution in [-0.2, 0) is 28.4 Å². The Morgan fingerprint density at radius 1 is 0.969 bits per heavy atom. The molecule has 0 aliphatic rings. The van der Waals surface area contributed by atoms with Crippen LogP contribution in [0.25, 0.3) is 0 Å². The number of carbonyl (C=O) groups is 2. The van der Waals surface area contributed by atoms with E-state index in [1.807, 2.05) is 55.3 Å². The van der Waals surface area contributed by atoms with Crippen LogP contribution in [0.4, 0.5) is 0 Å². The first-order valence-electron chi connectivity index (χ1n) is 11.6. The molecule has 32 heavy (non-hydrogen) atoms. The number of halogens is 1. The van der Waals surface area contributed by atoms with Crippen LogP contribution >= 0.6 is 11.6 Å². The average molecular weight is 481 g/mol. The monoisotopic (exact) mass is 480 g/mol. The number of ether oxygens (including phenoxy) is 2. The fourth-order valence-corrected chi connectivity index (χ4v) is 2.58. The van der Waals surface area contributed by atoms with Crippen LogP contribution in [0.15, 0.2) is 0 Å². The van der Waals surface area contributed by atoms with Crippen LogP contribution < -0.4 is 0 Å². The van der Waals surface area contributed by atoms with E-state index in [1.54, 1.807) is 0 Å². The minimum atomic E-state index is -0.570. The average Bonchev–Trinajstić information content (AvgIpc) is 2.59. The normalized spacial score (nSPS) is 13.5. The maximum atomic E-state index is 11.8. The molecule has 0 rings (SSSR count). The SMILES string of the molecule is CCC(O)CC(=O)OC(C)(C)C.CCCCOB(C)OC(CCCl)CC(=O)OC(C)(C)C. The Morgan fingerprint density at radius 3 is 1.88 bits per heavy atom. The van der Waals surface area contributed by atoms with Crippen molar-refractivity contribution in [3.05, 3.63) is 0 Å². The van der Waals surface area contributed by atoms with Gasteiger partial charge < -0.3 is 23.9 Å². The van der Waals surface area contributed by atoms with E-state index in [0.717, 1.165) is 12.8 Å². The molecule has 0 fully saturated rings. The van der Waals surface area contributed by atoms with Gasteiger partial charge in [0.05, 0.1) is 25.0 Å². The van der Waals surface area contributed by atoms with Crippen molar-refractivity contribution in [1.82, 2.24) is 0 Å². The zero-order valence-electron chi connectivity index (χ0n) is 21.7. The first kappa shape index (κ1) is 33.3. The lowest BCUT2D eigenvalue weighted by atomic mass is 9.94. The van der Waals surface area contributed by atoms with E-state index in [1.165, 1.54) is 0 Å². The van der Waals surface area contributed by atoms with E-state index < -0.39 is 17.3 Å². The maximum Gasteiger partial charge on any atom is 0.453 e. The molecule has 0 aliphatic carbocycles. The quantitative estimate of drug-likeness (QED) is 0.168. The first-order chi connectivity index (χ1) is 14.6. The van der Waals surface area contributed by atoms with Crippen molar-refractivity contribution in [2.45, 2.75) is 124 Å². The van der Waals surface area contributed by atoms with E-state index in [9.17, 15) is 9.59 Å². The Bertz CT molecular complexity index is 504. The molecule has 0 heterocycles. The van der Waals surface area contributed by atoms with Gasteiger partial charge in [-0.25, -0.2) is 0 Å². The van der Waals surface area contributed by atoms with Gasteiger partial charge in [-0.2, -0.15) is 0 Å². The van der Waals surface area contributed by atoms with Crippen LogP contribution in [0.5, 0.6) is 0 Å². The van der Waals surface area contributed by atoms with Gasteiger partial charge in [-0.3, -0.25) is 9.59 Å². The highest BCUT2D eigenvalue weighted by atomic mass is 35.5. The van der Waals surface area contributed by atoms with Gasteiger partial charge >= 0.3 is 19.1 Å². The summed E-state index contributed by atoms with van der Waals surface area (Å²) in [5, 5.41) is 9.12. The summed E-state index contributed by atoms with van der Waals surface area (Å²) in [6.07, 6.45) is 2.72. The van der Waals surface area contributed by atoms with Crippen molar-refractivity contribution < 1.29 is 33.5 Å². The van der Waals surface area contributed by atoms with Crippen LogP contribution in [-0.4, -0.2) is 60.1 Å². The van der Waals surface area contributed by atoms with Crippen molar-refractivity contribution in [3.63, 3.8) is 0 Å². The summed E-state index contributed by atoms with van der Waals surface area (Å²) >= 11 is 5.75. The molecule has 0 amide bonds. The molecule has 0 bridgehead atoms. The Hall–Kier alpha value is -0.825. The molecule has 2 unspecified atom stereocenters. The van der Waals surface area contributed by atoms with Crippen molar-refractivity contribution in [1.29, 1.82) is 0 Å². The van der Waals surface area contributed by atoms with Gasteiger partial charge in [0.15, 0.2) is 0 Å². The smallest absolute Gasteiger partial charge is 0.453 e. The third-order valence-corrected chi connectivity index (χ3v) is 3.99. The van der Waals surface area contributed by atoms with Crippen LogP contribution in [0, 0.1) is 0 Å². The number of rotatable bonds is 13. The highest BCUT2D eigenvalue weighted by Crippen LogP contribution is 2.14. The molecule has 0 radical (unpaired) electrons. The third-order valence-electron chi connectivity index (χ3n) is 3.77. The topological polar surface area (TPSA) is 91.3 Å². The summed E-state index contributed by atoms with van der Waals surface area (Å²) < 4.78 is 21.5. The van der Waals surface area contributed by atoms with E-state index in [-0.39, 0.29) is 38.0 Å². The van der Waals surface area contributed by atoms with Crippen molar-refractivity contribution in [3.8, 4) is 0 Å². The summed E-state index contributed by atoms with van der Waals surface area (Å²) in [5.74, 6) is -0.167. The molecule has 7 nitrogen and oxygen atoms in total. The standard InChI is InChI=1S/C14H28BClO4.C9H18O3/c1-6-7-10-18-15(5)20-12(8-9-16)11-13(17)19-14(2,3)4;1-5-7(10)6-8(11)12-9(2,3)4/h12H,6-11H2,1-5H3;7,10H,5-6H2,1-4H3. The Kier molecular flexibility index (Phi) is 18.4. The van der Waals surface area contributed by atoms with E-state index >= 15 is 0 Å². The molecular weight excluding hydrogens is 435 g/mol. The van der Waals surface area contributed by atoms with Gasteiger partial charge in [-0.1, -0.05) is 20.3 Å². The molecule has 0 aromatic rings. The number of aliphatic hydroxyl groups is 1. The van der Waals surface area contributed by atoms with Gasteiger partial charge in [0.2, 0.25) is 0 Å². The number of alkyl halides is 1. The third kappa shape index (κ3) is 23.8. The van der Waals surface area contributed by atoms with Crippen molar-refractivity contribution in [2.24, 2.45) is 0 Å². The zero-order chi connectivity index (χ0) is 25.4. The fraction of sp³-hybridized carbons (Fsp3) is 0.913. The number of hydrogen-bond donors (Lipinski definition) is 1. The van der Waals surface area contributed by atoms with Crippen LogP contribution in [0.1, 0.15) is 93.9 Å². The molecule has 190 valence electrons. The number of hydrogen-bond acceptors (Lipinski definition) is 7. The summed E-state index contributed by atoms with van der Waals surface area (Å²) in [7, 11) is -0.336. The highest BCUT2D eigenvalue weighted by Gasteiger charge is 2.24. The summed E-state index contributed by atoms with van der Waals surface area (Å²) in [5.41, 5.74) is -0.934. The first-order valence-corrected chi connectivity index (χ1v) is 12.1. The molecule has 0 aromatic carbocycles. The van der Waals surface area contributed by atoms with E-state index in [0.29, 0.717) is 25.3 Å². The molecular formula is C23H46BClO7. The van der Waals surface area contributed by atoms with Crippen LogP contribution in [0.2, 0.25) is 6.82 Å². The second-order valence-electron chi connectivity index (χ2n) is 9.67. The second-order valence-corrected chi connectivity index (χ2v) is 10.0. The van der Waals surface area contributed by atoms with Crippen molar-refractivity contribution in [2.75, 3.05) is 12.5 Å². The molecule has 2 atom stereocenters. The number of esters is 2. The molecule has 0 saturated carbocycles. The minimum Gasteiger partial charge on any atom is -0.460 e. The molecule has 0 saturated heterocycles. The lowest BCUT2D eigenvalue weighted by Gasteiger charge is -2.23. The van der Waals surface area contributed by atoms with Gasteiger partial charge in [0.25, 0.3) is 0 Å². The Morgan fingerprint density at radius 2 is 1.47 bits per heavy atom. The van der Waals surface area contributed by atoms with Crippen LogP contribution in [0.3, 0.4) is 0 Å². The lowest BCUT2D eigenvalue weighted by Crippen LogP contribution is -2.32. The molecule has 0 spiro atoms. The predicted molar refractivity (Wildman–Crippen MR) is 130 cm³/mol. The number of unbranched alkanes of at least 4 members (excludes halogenated alkanes) is 1. The molecule has 0 aliphatic heterocycles. The molecule has 0 aromatic heterocycles. The highest BCUT2D eigenvalue weighted by molar-refractivity contribution is 6.42. The number of aliphatic hydroxyl groups excluding tert-OH is 1. The Labute approximate surface area is 201 Å². The molecule has 1 N–H and O–H groups in total. The second kappa shape index (κ2) is 17.6. The largest absolute Gasteiger partial charge is 0.460 e. The van der Waals surface area contributed by atoms with Gasteiger partial charge in [0, 0.05) is 12.5 Å². The zero-order valence-corrected chi connectivity index (χ0v) is 22.4. The summed E-state index contributed by atoms with van der Waals surface area (Å²) in [6, 6.07) is 0. The van der Waals surface area contributed by atoms with Gasteiger partial charge in [-0.15, -0.1) is 11.6 Å². The number of carbonyl (C=O) groups excluding carboxylic acids is 2.